The highest BCUT2D eigenvalue weighted by Crippen LogP contribution is 2.33. The van der Waals surface area contributed by atoms with E-state index in [2.05, 4.69) is 10.3 Å². The predicted octanol–water partition coefficient (Wildman–Crippen LogP) is 3.99. The summed E-state index contributed by atoms with van der Waals surface area (Å²) >= 11 is 1.23. The number of thioether (sulfide) groups is 1. The van der Waals surface area contributed by atoms with Crippen LogP contribution in [0.2, 0.25) is 0 Å². The zero-order valence-electron chi connectivity index (χ0n) is 18.9. The van der Waals surface area contributed by atoms with Crippen molar-refractivity contribution in [3.05, 3.63) is 58.6 Å². The number of nitro groups is 1. The molecule has 2 aromatic rings. The molecule has 1 unspecified atom stereocenters. The lowest BCUT2D eigenvalue weighted by Gasteiger charge is -2.16. The Morgan fingerprint density at radius 2 is 2.03 bits per heavy atom. The number of non-ortho nitro benzene ring substituents is 1. The van der Waals surface area contributed by atoms with Gasteiger partial charge < -0.3 is 14.8 Å². The summed E-state index contributed by atoms with van der Waals surface area (Å²) in [5, 5.41) is 13.6. The maximum atomic E-state index is 13.1. The number of para-hydroxylation sites is 1. The van der Waals surface area contributed by atoms with Gasteiger partial charge in [-0.2, -0.15) is 0 Å². The van der Waals surface area contributed by atoms with E-state index in [4.69, 9.17) is 9.47 Å². The number of amides is 2. The number of nitro benzene ring substituents is 1. The summed E-state index contributed by atoms with van der Waals surface area (Å²) in [6, 6.07) is 13.2. The quantitative estimate of drug-likeness (QED) is 0.289. The normalized spacial score (nSPS) is 16.6. The van der Waals surface area contributed by atoms with Crippen LogP contribution < -0.4 is 10.1 Å². The molecule has 1 aliphatic rings. The molecule has 34 heavy (non-hydrogen) atoms. The number of benzene rings is 2. The van der Waals surface area contributed by atoms with Gasteiger partial charge in [-0.15, -0.1) is 0 Å². The van der Waals surface area contributed by atoms with Crippen LogP contribution >= 0.6 is 11.8 Å². The molecule has 0 bridgehead atoms. The summed E-state index contributed by atoms with van der Waals surface area (Å²) in [7, 11) is 1.40. The van der Waals surface area contributed by atoms with Gasteiger partial charge in [-0.3, -0.25) is 24.6 Å². The maximum Gasteiger partial charge on any atom is 0.271 e. The Morgan fingerprint density at radius 3 is 2.71 bits per heavy atom. The fourth-order valence-corrected chi connectivity index (χ4v) is 4.47. The molecule has 0 aromatic heterocycles. The monoisotopic (exact) mass is 486 g/mol. The molecular weight excluding hydrogens is 460 g/mol. The standard InChI is InChI=1S/C23H26N4O6S/c1-3-33-13-7-12-26-22(29)20(34-23(26)24-16-8-5-4-6-9-16)15-21(28)25-18-14-17(27(30)31)10-11-19(18)32-2/h4-6,8-11,14,20H,3,7,12-13,15H2,1-2H3,(H,25,28). The van der Waals surface area contributed by atoms with Crippen molar-refractivity contribution in [2.75, 3.05) is 32.2 Å². The van der Waals surface area contributed by atoms with E-state index in [-0.39, 0.29) is 29.5 Å². The van der Waals surface area contributed by atoms with Crippen LogP contribution in [0.15, 0.2) is 53.5 Å². The van der Waals surface area contributed by atoms with Gasteiger partial charge >= 0.3 is 0 Å². The fourth-order valence-electron chi connectivity index (χ4n) is 3.29. The lowest BCUT2D eigenvalue weighted by atomic mass is 10.2. The van der Waals surface area contributed by atoms with Gasteiger partial charge in [0.25, 0.3) is 5.69 Å². The molecule has 0 saturated carbocycles. The van der Waals surface area contributed by atoms with Crippen molar-refractivity contribution in [3.63, 3.8) is 0 Å². The summed E-state index contributed by atoms with van der Waals surface area (Å²) < 4.78 is 10.6. The third-order valence-electron chi connectivity index (χ3n) is 4.91. The van der Waals surface area contributed by atoms with Crippen LogP contribution in [0.3, 0.4) is 0 Å². The van der Waals surface area contributed by atoms with E-state index in [1.54, 1.807) is 4.90 Å². The van der Waals surface area contributed by atoms with Crippen molar-refractivity contribution in [1.82, 2.24) is 4.90 Å². The molecule has 0 radical (unpaired) electrons. The smallest absolute Gasteiger partial charge is 0.271 e. The van der Waals surface area contributed by atoms with Crippen LogP contribution in [0.4, 0.5) is 17.1 Å². The molecule has 0 aliphatic carbocycles. The Hall–Kier alpha value is -3.44. The number of anilines is 1. The molecule has 1 atom stereocenters. The van der Waals surface area contributed by atoms with E-state index in [1.165, 1.54) is 37.1 Å². The molecule has 1 N–H and O–H groups in total. The van der Waals surface area contributed by atoms with Crippen LogP contribution in [0.5, 0.6) is 5.75 Å². The average molecular weight is 487 g/mol. The lowest BCUT2D eigenvalue weighted by Crippen LogP contribution is -2.34. The minimum Gasteiger partial charge on any atom is -0.495 e. The molecule has 2 amide bonds. The van der Waals surface area contributed by atoms with Gasteiger partial charge in [0, 0.05) is 38.3 Å². The first-order valence-electron chi connectivity index (χ1n) is 10.7. The first-order valence-corrected chi connectivity index (χ1v) is 11.6. The fraction of sp³-hybridized carbons (Fsp3) is 0.348. The molecule has 1 aliphatic heterocycles. The van der Waals surface area contributed by atoms with Crippen molar-refractivity contribution < 1.29 is 24.0 Å². The van der Waals surface area contributed by atoms with Crippen LogP contribution in [0.1, 0.15) is 19.8 Å². The second kappa shape index (κ2) is 12.1. The highest BCUT2D eigenvalue weighted by molar-refractivity contribution is 8.15. The predicted molar refractivity (Wildman–Crippen MR) is 131 cm³/mol. The zero-order chi connectivity index (χ0) is 24.5. The van der Waals surface area contributed by atoms with E-state index < -0.39 is 16.1 Å². The molecule has 10 nitrogen and oxygen atoms in total. The number of carbonyl (C=O) groups excluding carboxylic acids is 2. The van der Waals surface area contributed by atoms with Crippen molar-refractivity contribution in [1.29, 1.82) is 0 Å². The number of nitrogens with one attached hydrogen (secondary N) is 1. The van der Waals surface area contributed by atoms with Crippen LogP contribution in [-0.4, -0.2) is 58.9 Å². The van der Waals surface area contributed by atoms with Crippen molar-refractivity contribution in [2.45, 2.75) is 25.0 Å². The Morgan fingerprint density at radius 1 is 1.26 bits per heavy atom. The number of hydrogen-bond donors (Lipinski definition) is 1. The number of methoxy groups -OCH3 is 1. The summed E-state index contributed by atoms with van der Waals surface area (Å²) in [4.78, 5) is 42.6. The molecule has 0 spiro atoms. The molecule has 1 heterocycles. The third kappa shape index (κ3) is 6.55. The number of carbonyl (C=O) groups is 2. The third-order valence-corrected chi connectivity index (χ3v) is 6.09. The largest absolute Gasteiger partial charge is 0.495 e. The summed E-state index contributed by atoms with van der Waals surface area (Å²) in [6.45, 7) is 3.44. The molecular formula is C23H26N4O6S. The Bertz CT molecular complexity index is 1060. The zero-order valence-corrected chi connectivity index (χ0v) is 19.7. The summed E-state index contributed by atoms with van der Waals surface area (Å²) in [5.41, 5.74) is 0.697. The van der Waals surface area contributed by atoms with E-state index in [9.17, 15) is 19.7 Å². The molecule has 2 aromatic carbocycles. The lowest BCUT2D eigenvalue weighted by molar-refractivity contribution is -0.384. The second-order valence-electron chi connectivity index (χ2n) is 7.27. The topological polar surface area (TPSA) is 123 Å². The highest BCUT2D eigenvalue weighted by atomic mass is 32.2. The number of ether oxygens (including phenoxy) is 2. The van der Waals surface area contributed by atoms with Crippen LogP contribution in [-0.2, 0) is 14.3 Å². The van der Waals surface area contributed by atoms with Crippen molar-refractivity contribution in [2.24, 2.45) is 4.99 Å². The SMILES string of the molecule is CCOCCCN1C(=O)C(CC(=O)Nc2cc([N+](=O)[O-])ccc2OC)SC1=Nc1ccccc1. The van der Waals surface area contributed by atoms with E-state index >= 15 is 0 Å². The number of aliphatic imine (C=N–C) groups is 1. The minimum absolute atomic E-state index is 0.120. The second-order valence-corrected chi connectivity index (χ2v) is 8.44. The van der Waals surface area contributed by atoms with Gasteiger partial charge in [0.05, 0.1) is 23.4 Å². The van der Waals surface area contributed by atoms with Crippen LogP contribution in [0.25, 0.3) is 0 Å². The average Bonchev–Trinajstić information content (AvgIpc) is 3.10. The molecule has 1 fully saturated rings. The minimum atomic E-state index is -0.667. The molecule has 11 heteroatoms. The van der Waals surface area contributed by atoms with Gasteiger partial charge in [0.15, 0.2) is 5.17 Å². The Balaban J connectivity index is 1.74. The first-order chi connectivity index (χ1) is 16.4. The van der Waals surface area contributed by atoms with Gasteiger partial charge in [-0.1, -0.05) is 30.0 Å². The number of rotatable bonds is 11. The molecule has 180 valence electrons. The van der Waals surface area contributed by atoms with Crippen LogP contribution in [0, 0.1) is 10.1 Å². The molecule has 3 rings (SSSR count). The van der Waals surface area contributed by atoms with Gasteiger partial charge in [-0.05, 0) is 31.5 Å². The van der Waals surface area contributed by atoms with E-state index in [1.807, 2.05) is 37.3 Å². The van der Waals surface area contributed by atoms with E-state index in [0.29, 0.717) is 37.0 Å². The van der Waals surface area contributed by atoms with Gasteiger partial charge in [0.1, 0.15) is 11.0 Å². The summed E-state index contributed by atoms with van der Waals surface area (Å²) in [6.07, 6.45) is 0.517. The molecule has 1 saturated heterocycles. The van der Waals surface area contributed by atoms with Gasteiger partial charge in [0.2, 0.25) is 11.8 Å². The number of hydrogen-bond acceptors (Lipinski definition) is 8. The Labute approximate surface area is 201 Å². The van der Waals surface area contributed by atoms with E-state index in [0.717, 1.165) is 0 Å². The van der Waals surface area contributed by atoms with Gasteiger partial charge in [-0.25, -0.2) is 4.99 Å². The summed E-state index contributed by atoms with van der Waals surface area (Å²) in [5.74, 6) is -0.384. The number of amidine groups is 1. The van der Waals surface area contributed by atoms with Crippen molar-refractivity contribution in [3.8, 4) is 5.75 Å². The number of nitrogens with zero attached hydrogens (tertiary/aromatic N) is 3. The highest BCUT2D eigenvalue weighted by Gasteiger charge is 2.39. The Kier molecular flexibility index (Phi) is 9.00. The maximum absolute atomic E-state index is 13.1. The first kappa shape index (κ1) is 25.2. The van der Waals surface area contributed by atoms with Crippen molar-refractivity contribution >= 4 is 45.8 Å².